The number of aryl methyl sites for hydroxylation is 1. The number of phenols is 1. The van der Waals surface area contributed by atoms with Crippen molar-refractivity contribution >= 4 is 0 Å². The zero-order valence-electron chi connectivity index (χ0n) is 12.5. The molecule has 0 bridgehead atoms. The second kappa shape index (κ2) is 6.57. The molecule has 0 saturated carbocycles. The first kappa shape index (κ1) is 14.6. The lowest BCUT2D eigenvalue weighted by Crippen LogP contribution is -2.15. The second-order valence-electron chi connectivity index (χ2n) is 5.15. The Morgan fingerprint density at radius 1 is 1.20 bits per heavy atom. The van der Waals surface area contributed by atoms with Gasteiger partial charge in [0.05, 0.1) is 12.2 Å². The Kier molecular flexibility index (Phi) is 4.79. The molecule has 0 amide bonds. The predicted octanol–water partition coefficient (Wildman–Crippen LogP) is 2.75. The van der Waals surface area contributed by atoms with Gasteiger partial charge >= 0.3 is 0 Å². The highest BCUT2D eigenvalue weighted by Crippen LogP contribution is 2.16. The molecule has 20 heavy (non-hydrogen) atoms. The summed E-state index contributed by atoms with van der Waals surface area (Å²) in [5.41, 5.74) is 4.72. The fourth-order valence-corrected chi connectivity index (χ4v) is 2.31. The van der Waals surface area contributed by atoms with E-state index in [4.69, 9.17) is 0 Å². The molecular weight excluding hydrogens is 250 g/mol. The number of aromatic hydroxyl groups is 1. The van der Waals surface area contributed by atoms with Crippen LogP contribution in [0, 0.1) is 13.8 Å². The summed E-state index contributed by atoms with van der Waals surface area (Å²) in [7, 11) is 0. The summed E-state index contributed by atoms with van der Waals surface area (Å²) >= 11 is 0. The summed E-state index contributed by atoms with van der Waals surface area (Å²) in [6, 6.07) is 7.29. The summed E-state index contributed by atoms with van der Waals surface area (Å²) < 4.78 is 2.03. The van der Waals surface area contributed by atoms with Crippen molar-refractivity contribution < 1.29 is 5.11 Å². The SMILES string of the molecule is CCCNCc1c(C)nn(Cc2ccc(O)cc2)c1C. The summed E-state index contributed by atoms with van der Waals surface area (Å²) in [4.78, 5) is 0. The van der Waals surface area contributed by atoms with E-state index in [-0.39, 0.29) is 0 Å². The van der Waals surface area contributed by atoms with E-state index in [0.29, 0.717) is 5.75 Å². The average molecular weight is 273 g/mol. The third-order valence-electron chi connectivity index (χ3n) is 3.53. The smallest absolute Gasteiger partial charge is 0.115 e. The molecule has 0 spiro atoms. The largest absolute Gasteiger partial charge is 0.508 e. The van der Waals surface area contributed by atoms with Crippen LogP contribution < -0.4 is 5.32 Å². The number of rotatable bonds is 6. The Balaban J connectivity index is 2.12. The molecule has 0 atom stereocenters. The Labute approximate surface area is 120 Å². The molecule has 1 heterocycles. The monoisotopic (exact) mass is 273 g/mol. The summed E-state index contributed by atoms with van der Waals surface area (Å²) in [6.45, 7) is 8.98. The van der Waals surface area contributed by atoms with Gasteiger partial charge in [0.2, 0.25) is 0 Å². The summed E-state index contributed by atoms with van der Waals surface area (Å²) in [6.07, 6.45) is 1.14. The van der Waals surface area contributed by atoms with Crippen molar-refractivity contribution in [2.24, 2.45) is 0 Å². The summed E-state index contributed by atoms with van der Waals surface area (Å²) in [5.74, 6) is 0.298. The first-order chi connectivity index (χ1) is 9.61. The maximum absolute atomic E-state index is 9.32. The molecule has 1 aromatic heterocycles. The topological polar surface area (TPSA) is 50.1 Å². The van der Waals surface area contributed by atoms with Crippen molar-refractivity contribution in [3.8, 4) is 5.75 Å². The lowest BCUT2D eigenvalue weighted by molar-refractivity contribution is 0.475. The number of nitrogens with zero attached hydrogens (tertiary/aromatic N) is 2. The van der Waals surface area contributed by atoms with E-state index in [2.05, 4.69) is 31.2 Å². The second-order valence-corrected chi connectivity index (χ2v) is 5.15. The molecule has 1 aromatic carbocycles. The standard InChI is InChI=1S/C16H23N3O/c1-4-9-17-10-16-12(2)18-19(13(16)3)11-14-5-7-15(20)8-6-14/h5-8,17,20H,4,9-11H2,1-3H3. The molecule has 2 N–H and O–H groups in total. The third kappa shape index (κ3) is 3.39. The van der Waals surface area contributed by atoms with Crippen LogP contribution >= 0.6 is 0 Å². The van der Waals surface area contributed by atoms with Crippen LogP contribution in [0.3, 0.4) is 0 Å². The van der Waals surface area contributed by atoms with Gasteiger partial charge in [0.25, 0.3) is 0 Å². The van der Waals surface area contributed by atoms with E-state index in [9.17, 15) is 5.11 Å². The molecule has 2 aromatic rings. The molecule has 108 valence electrons. The van der Waals surface area contributed by atoms with Gasteiger partial charge in [0, 0.05) is 17.8 Å². The van der Waals surface area contributed by atoms with E-state index in [1.807, 2.05) is 16.8 Å². The number of nitrogens with one attached hydrogen (secondary N) is 1. The van der Waals surface area contributed by atoms with E-state index < -0.39 is 0 Å². The van der Waals surface area contributed by atoms with Gasteiger partial charge in [-0.05, 0) is 44.5 Å². The normalized spacial score (nSPS) is 10.9. The predicted molar refractivity (Wildman–Crippen MR) is 80.9 cm³/mol. The van der Waals surface area contributed by atoms with Gasteiger partial charge in [0.1, 0.15) is 5.75 Å². The van der Waals surface area contributed by atoms with Crippen molar-refractivity contribution in [2.45, 2.75) is 40.3 Å². The Morgan fingerprint density at radius 3 is 2.55 bits per heavy atom. The zero-order chi connectivity index (χ0) is 14.5. The van der Waals surface area contributed by atoms with E-state index in [1.54, 1.807) is 12.1 Å². The van der Waals surface area contributed by atoms with Gasteiger partial charge in [-0.1, -0.05) is 19.1 Å². The van der Waals surface area contributed by atoms with Crippen molar-refractivity contribution in [3.63, 3.8) is 0 Å². The first-order valence-corrected chi connectivity index (χ1v) is 7.13. The Hall–Kier alpha value is -1.81. The van der Waals surface area contributed by atoms with Crippen LogP contribution in [0.2, 0.25) is 0 Å². The minimum Gasteiger partial charge on any atom is -0.508 e. The van der Waals surface area contributed by atoms with Crippen LogP contribution in [-0.4, -0.2) is 21.4 Å². The molecular formula is C16H23N3O. The summed E-state index contributed by atoms with van der Waals surface area (Å²) in [5, 5.41) is 17.4. The van der Waals surface area contributed by atoms with Crippen LogP contribution in [0.4, 0.5) is 0 Å². The molecule has 0 aliphatic carbocycles. The highest BCUT2D eigenvalue weighted by molar-refractivity contribution is 5.28. The molecule has 2 rings (SSSR count). The first-order valence-electron chi connectivity index (χ1n) is 7.13. The van der Waals surface area contributed by atoms with Crippen LogP contribution in [0.5, 0.6) is 5.75 Å². The minimum atomic E-state index is 0.298. The van der Waals surface area contributed by atoms with Gasteiger partial charge in [-0.25, -0.2) is 0 Å². The molecule has 0 aliphatic heterocycles. The van der Waals surface area contributed by atoms with E-state index >= 15 is 0 Å². The lowest BCUT2D eigenvalue weighted by Gasteiger charge is -2.07. The zero-order valence-corrected chi connectivity index (χ0v) is 12.5. The highest BCUT2D eigenvalue weighted by atomic mass is 16.3. The maximum atomic E-state index is 9.32. The number of benzene rings is 1. The highest BCUT2D eigenvalue weighted by Gasteiger charge is 2.11. The van der Waals surface area contributed by atoms with Gasteiger partial charge in [-0.15, -0.1) is 0 Å². The number of aromatic nitrogens is 2. The number of hydrogen-bond donors (Lipinski definition) is 2. The molecule has 4 nitrogen and oxygen atoms in total. The lowest BCUT2D eigenvalue weighted by atomic mass is 10.2. The van der Waals surface area contributed by atoms with Gasteiger partial charge in [-0.3, -0.25) is 4.68 Å². The molecule has 4 heteroatoms. The third-order valence-corrected chi connectivity index (χ3v) is 3.53. The molecule has 0 saturated heterocycles. The van der Waals surface area contributed by atoms with Crippen molar-refractivity contribution in [3.05, 3.63) is 46.8 Å². The van der Waals surface area contributed by atoms with Crippen LogP contribution in [0.15, 0.2) is 24.3 Å². The molecule has 0 aliphatic rings. The van der Waals surface area contributed by atoms with Crippen LogP contribution in [0.1, 0.15) is 35.9 Å². The average Bonchev–Trinajstić information content (AvgIpc) is 2.69. The van der Waals surface area contributed by atoms with Gasteiger partial charge in [0.15, 0.2) is 0 Å². The molecule has 0 unspecified atom stereocenters. The quantitative estimate of drug-likeness (QED) is 0.796. The van der Waals surface area contributed by atoms with Crippen molar-refractivity contribution in [1.82, 2.24) is 15.1 Å². The van der Waals surface area contributed by atoms with Crippen molar-refractivity contribution in [1.29, 1.82) is 0 Å². The van der Waals surface area contributed by atoms with Gasteiger partial charge in [-0.2, -0.15) is 5.10 Å². The maximum Gasteiger partial charge on any atom is 0.115 e. The molecule has 0 radical (unpaired) electrons. The van der Waals surface area contributed by atoms with E-state index in [1.165, 1.54) is 11.3 Å². The Bertz CT molecular complexity index is 558. The Morgan fingerprint density at radius 2 is 1.90 bits per heavy atom. The molecule has 0 fully saturated rings. The fraction of sp³-hybridized carbons (Fsp3) is 0.438. The van der Waals surface area contributed by atoms with Crippen LogP contribution in [-0.2, 0) is 13.1 Å². The van der Waals surface area contributed by atoms with E-state index in [0.717, 1.165) is 37.3 Å². The number of hydrogen-bond acceptors (Lipinski definition) is 3. The van der Waals surface area contributed by atoms with Crippen molar-refractivity contribution in [2.75, 3.05) is 6.54 Å². The van der Waals surface area contributed by atoms with Gasteiger partial charge < -0.3 is 10.4 Å². The number of phenolic OH excluding ortho intramolecular Hbond substituents is 1. The fourth-order valence-electron chi connectivity index (χ4n) is 2.31. The van der Waals surface area contributed by atoms with Crippen LogP contribution in [0.25, 0.3) is 0 Å². The minimum absolute atomic E-state index is 0.298.